The van der Waals surface area contributed by atoms with Gasteiger partial charge >= 0.3 is 0 Å². The molecule has 2 unspecified atom stereocenters. The fourth-order valence-corrected chi connectivity index (χ4v) is 2.57. The first kappa shape index (κ1) is 13.8. The lowest BCUT2D eigenvalue weighted by atomic mass is 10.1. The first-order valence-corrected chi connectivity index (χ1v) is 7.26. The van der Waals surface area contributed by atoms with Crippen molar-refractivity contribution in [2.45, 2.75) is 12.3 Å². The summed E-state index contributed by atoms with van der Waals surface area (Å²) >= 11 is 6.01. The Morgan fingerprint density at radius 1 is 1.14 bits per heavy atom. The van der Waals surface area contributed by atoms with E-state index in [2.05, 4.69) is 22.7 Å². The Hall–Kier alpha value is -2.13. The lowest BCUT2D eigenvalue weighted by Crippen LogP contribution is -2.20. The van der Waals surface area contributed by atoms with Gasteiger partial charge in [0, 0.05) is 16.5 Å². The average molecular weight is 299 g/mol. The van der Waals surface area contributed by atoms with E-state index in [1.54, 1.807) is 12.3 Å². The second-order valence-electron chi connectivity index (χ2n) is 5.12. The average Bonchev–Trinajstić information content (AvgIpc) is 3.31. The maximum atomic E-state index is 12.0. The fraction of sp³-hybridized carbons (Fsp3) is 0.176. The van der Waals surface area contributed by atoms with E-state index < -0.39 is 0 Å². The highest BCUT2D eigenvalue weighted by molar-refractivity contribution is 6.33. The lowest BCUT2D eigenvalue weighted by molar-refractivity contribution is -0.122. The number of rotatable bonds is 4. The minimum atomic E-state index is -0.0350. The molecule has 4 heteroatoms. The summed E-state index contributed by atoms with van der Waals surface area (Å²) in [5.41, 5.74) is 4.59. The Kier molecular flexibility index (Phi) is 4.02. The van der Waals surface area contributed by atoms with Gasteiger partial charge < -0.3 is 0 Å². The number of halogens is 1. The van der Waals surface area contributed by atoms with E-state index in [1.807, 2.05) is 36.4 Å². The van der Waals surface area contributed by atoms with Crippen molar-refractivity contribution in [3.8, 4) is 0 Å². The molecule has 0 heterocycles. The van der Waals surface area contributed by atoms with E-state index in [4.69, 9.17) is 11.6 Å². The number of hydrogen-bond acceptors (Lipinski definition) is 2. The Morgan fingerprint density at radius 2 is 1.86 bits per heavy atom. The molecule has 3 nitrogen and oxygen atoms in total. The zero-order valence-electron chi connectivity index (χ0n) is 11.4. The number of carbonyl (C=O) groups is 1. The molecule has 1 aliphatic carbocycles. The van der Waals surface area contributed by atoms with Gasteiger partial charge in [0.25, 0.3) is 0 Å². The van der Waals surface area contributed by atoms with Crippen LogP contribution in [0.25, 0.3) is 0 Å². The zero-order valence-corrected chi connectivity index (χ0v) is 12.1. The minimum Gasteiger partial charge on any atom is -0.273 e. The van der Waals surface area contributed by atoms with Crippen LogP contribution in [0.1, 0.15) is 23.5 Å². The van der Waals surface area contributed by atoms with Gasteiger partial charge in [-0.1, -0.05) is 60.1 Å². The smallest absolute Gasteiger partial charge is 0.243 e. The molecule has 2 atom stereocenters. The van der Waals surface area contributed by atoms with E-state index in [0.29, 0.717) is 10.9 Å². The maximum Gasteiger partial charge on any atom is 0.243 e. The summed E-state index contributed by atoms with van der Waals surface area (Å²) in [4.78, 5) is 12.0. The summed E-state index contributed by atoms with van der Waals surface area (Å²) in [5, 5.41) is 4.60. The molecule has 0 spiro atoms. The third kappa shape index (κ3) is 3.31. The van der Waals surface area contributed by atoms with Gasteiger partial charge in [0.15, 0.2) is 0 Å². The highest BCUT2D eigenvalue weighted by Crippen LogP contribution is 2.47. The zero-order chi connectivity index (χ0) is 14.7. The van der Waals surface area contributed by atoms with Crippen molar-refractivity contribution in [1.29, 1.82) is 0 Å². The minimum absolute atomic E-state index is 0.0239. The third-order valence-corrected chi connectivity index (χ3v) is 3.98. The SMILES string of the molecule is O=C(N/N=C/c1ccccc1Cl)C1CC1c1ccccc1. The fourth-order valence-electron chi connectivity index (χ4n) is 2.38. The number of hydrogen-bond donors (Lipinski definition) is 1. The van der Waals surface area contributed by atoms with Crippen LogP contribution in [0.5, 0.6) is 0 Å². The van der Waals surface area contributed by atoms with Crippen molar-refractivity contribution in [2.24, 2.45) is 11.0 Å². The number of nitrogens with zero attached hydrogens (tertiary/aromatic N) is 1. The molecule has 2 aromatic rings. The molecule has 2 aromatic carbocycles. The van der Waals surface area contributed by atoms with Crippen molar-refractivity contribution >= 4 is 23.7 Å². The van der Waals surface area contributed by atoms with Crippen LogP contribution in [0.15, 0.2) is 59.7 Å². The van der Waals surface area contributed by atoms with Gasteiger partial charge in [-0.2, -0.15) is 5.10 Å². The topological polar surface area (TPSA) is 41.5 Å². The van der Waals surface area contributed by atoms with Crippen LogP contribution in [-0.2, 0) is 4.79 Å². The molecule has 0 aromatic heterocycles. The van der Waals surface area contributed by atoms with E-state index >= 15 is 0 Å². The summed E-state index contributed by atoms with van der Waals surface area (Å²) in [6, 6.07) is 17.5. The Morgan fingerprint density at radius 3 is 2.62 bits per heavy atom. The monoisotopic (exact) mass is 298 g/mol. The van der Waals surface area contributed by atoms with Crippen molar-refractivity contribution in [2.75, 3.05) is 0 Å². The first-order valence-electron chi connectivity index (χ1n) is 6.88. The van der Waals surface area contributed by atoms with E-state index in [1.165, 1.54) is 5.56 Å². The normalized spacial score (nSPS) is 20.4. The molecule has 21 heavy (non-hydrogen) atoms. The predicted molar refractivity (Wildman–Crippen MR) is 84.5 cm³/mol. The van der Waals surface area contributed by atoms with Crippen LogP contribution in [-0.4, -0.2) is 12.1 Å². The summed E-state index contributed by atoms with van der Waals surface area (Å²) < 4.78 is 0. The summed E-state index contributed by atoms with van der Waals surface area (Å²) in [6.07, 6.45) is 2.46. The van der Waals surface area contributed by atoms with E-state index in [-0.39, 0.29) is 11.8 Å². The number of amides is 1. The van der Waals surface area contributed by atoms with E-state index in [9.17, 15) is 4.79 Å². The molecule has 0 saturated heterocycles. The molecule has 1 fully saturated rings. The maximum absolute atomic E-state index is 12.0. The second-order valence-corrected chi connectivity index (χ2v) is 5.52. The van der Waals surface area contributed by atoms with Gasteiger partial charge in [-0.25, -0.2) is 5.43 Å². The Bertz CT molecular complexity index is 670. The van der Waals surface area contributed by atoms with Crippen molar-refractivity contribution < 1.29 is 4.79 Å². The predicted octanol–water partition coefficient (Wildman–Crippen LogP) is 3.59. The van der Waals surface area contributed by atoms with Crippen LogP contribution >= 0.6 is 11.6 Å². The molecule has 1 saturated carbocycles. The van der Waals surface area contributed by atoms with Crippen molar-refractivity contribution in [3.05, 3.63) is 70.7 Å². The van der Waals surface area contributed by atoms with Gasteiger partial charge in [-0.15, -0.1) is 0 Å². The molecular formula is C17H15ClN2O. The van der Waals surface area contributed by atoms with Gasteiger partial charge in [0.1, 0.15) is 0 Å². The molecule has 3 rings (SSSR count). The molecule has 1 amide bonds. The first-order chi connectivity index (χ1) is 10.3. The van der Waals surface area contributed by atoms with Crippen LogP contribution in [0.4, 0.5) is 0 Å². The lowest BCUT2D eigenvalue weighted by Gasteiger charge is -2.00. The standard InChI is InChI=1S/C17H15ClN2O/c18-16-9-5-4-8-13(16)11-19-20-17(21)15-10-14(15)12-6-2-1-3-7-12/h1-9,11,14-15H,10H2,(H,20,21)/b19-11+. The Labute approximate surface area is 128 Å². The quantitative estimate of drug-likeness (QED) is 0.680. The van der Waals surface area contributed by atoms with Crippen molar-refractivity contribution in [1.82, 2.24) is 5.43 Å². The van der Waals surface area contributed by atoms with Gasteiger partial charge in [0.2, 0.25) is 5.91 Å². The number of benzene rings is 2. The highest BCUT2D eigenvalue weighted by atomic mass is 35.5. The van der Waals surface area contributed by atoms with Crippen LogP contribution in [0.3, 0.4) is 0 Å². The number of carbonyl (C=O) groups excluding carboxylic acids is 1. The highest BCUT2D eigenvalue weighted by Gasteiger charge is 2.43. The molecule has 106 valence electrons. The second kappa shape index (κ2) is 6.10. The number of hydrazone groups is 1. The number of nitrogens with one attached hydrogen (secondary N) is 1. The van der Waals surface area contributed by atoms with Gasteiger partial charge in [-0.05, 0) is 24.0 Å². The molecular weight excluding hydrogens is 284 g/mol. The van der Waals surface area contributed by atoms with Gasteiger partial charge in [-0.3, -0.25) is 4.79 Å². The molecule has 0 aliphatic heterocycles. The van der Waals surface area contributed by atoms with Crippen molar-refractivity contribution in [3.63, 3.8) is 0 Å². The molecule has 0 bridgehead atoms. The van der Waals surface area contributed by atoms with Crippen LogP contribution in [0, 0.1) is 5.92 Å². The molecule has 1 N–H and O–H groups in total. The summed E-state index contributed by atoms with van der Waals surface area (Å²) in [6.45, 7) is 0. The summed E-state index contributed by atoms with van der Waals surface area (Å²) in [7, 11) is 0. The largest absolute Gasteiger partial charge is 0.273 e. The van der Waals surface area contributed by atoms with Gasteiger partial charge in [0.05, 0.1) is 6.21 Å². The molecule has 0 radical (unpaired) electrons. The van der Waals surface area contributed by atoms with Crippen LogP contribution in [0.2, 0.25) is 5.02 Å². The molecule has 1 aliphatic rings. The van der Waals surface area contributed by atoms with Crippen LogP contribution < -0.4 is 5.43 Å². The third-order valence-electron chi connectivity index (χ3n) is 3.64. The van der Waals surface area contributed by atoms with E-state index in [0.717, 1.165) is 12.0 Å². The Balaban J connectivity index is 1.56. The summed E-state index contributed by atoms with van der Waals surface area (Å²) in [5.74, 6) is 0.310.